The van der Waals surface area contributed by atoms with Crippen LogP contribution < -0.4 is 9.47 Å². The number of rotatable bonds is 0. The van der Waals surface area contributed by atoms with Crippen LogP contribution in [-0.2, 0) is 0 Å². The SMILES string of the molecule is O=C1c2cc3c(cc2C2CCCN12)OCO3. The van der Waals surface area contributed by atoms with Gasteiger partial charge in [0.05, 0.1) is 6.04 Å². The van der Waals surface area contributed by atoms with E-state index in [0.29, 0.717) is 5.75 Å². The minimum atomic E-state index is 0.149. The molecule has 16 heavy (non-hydrogen) atoms. The third-order valence-corrected chi connectivity index (χ3v) is 3.65. The summed E-state index contributed by atoms with van der Waals surface area (Å²) in [5, 5.41) is 0. The lowest BCUT2D eigenvalue weighted by atomic mass is 10.0. The first-order valence-corrected chi connectivity index (χ1v) is 5.59. The summed E-state index contributed by atoms with van der Waals surface area (Å²) in [7, 11) is 0. The molecule has 1 atom stereocenters. The van der Waals surface area contributed by atoms with Crippen LogP contribution in [-0.4, -0.2) is 24.1 Å². The minimum absolute atomic E-state index is 0.149. The van der Waals surface area contributed by atoms with E-state index in [0.717, 1.165) is 36.3 Å². The molecule has 1 aromatic carbocycles. The molecule has 4 rings (SSSR count). The monoisotopic (exact) mass is 217 g/mol. The van der Waals surface area contributed by atoms with Gasteiger partial charge in [-0.3, -0.25) is 4.79 Å². The molecule has 1 amide bonds. The molecule has 0 aliphatic carbocycles. The Morgan fingerprint density at radius 1 is 1.25 bits per heavy atom. The summed E-state index contributed by atoms with van der Waals surface area (Å²) < 4.78 is 10.7. The fourth-order valence-electron chi connectivity index (χ4n) is 2.91. The Morgan fingerprint density at radius 2 is 2.06 bits per heavy atom. The number of hydrogen-bond donors (Lipinski definition) is 0. The lowest BCUT2D eigenvalue weighted by Gasteiger charge is -2.14. The molecule has 3 aliphatic heterocycles. The quantitative estimate of drug-likeness (QED) is 0.664. The predicted molar refractivity (Wildman–Crippen MR) is 55.6 cm³/mol. The maximum Gasteiger partial charge on any atom is 0.254 e. The summed E-state index contributed by atoms with van der Waals surface area (Å²) in [6.45, 7) is 1.14. The summed E-state index contributed by atoms with van der Waals surface area (Å²) in [6.07, 6.45) is 2.17. The van der Waals surface area contributed by atoms with Gasteiger partial charge in [-0.05, 0) is 30.5 Å². The summed E-state index contributed by atoms with van der Waals surface area (Å²) in [4.78, 5) is 14.1. The van der Waals surface area contributed by atoms with E-state index in [1.165, 1.54) is 0 Å². The Hall–Kier alpha value is -1.71. The molecule has 0 radical (unpaired) electrons. The molecule has 0 spiro atoms. The van der Waals surface area contributed by atoms with Gasteiger partial charge in [0.15, 0.2) is 11.5 Å². The zero-order chi connectivity index (χ0) is 10.7. The van der Waals surface area contributed by atoms with Crippen LogP contribution in [0, 0.1) is 0 Å². The van der Waals surface area contributed by atoms with Crippen LogP contribution in [0.3, 0.4) is 0 Å². The van der Waals surface area contributed by atoms with Crippen molar-refractivity contribution in [2.75, 3.05) is 13.3 Å². The summed E-state index contributed by atoms with van der Waals surface area (Å²) in [5.74, 6) is 1.63. The van der Waals surface area contributed by atoms with Gasteiger partial charge in [-0.1, -0.05) is 0 Å². The third-order valence-electron chi connectivity index (χ3n) is 3.65. The Bertz CT molecular complexity index is 497. The van der Waals surface area contributed by atoms with Crippen molar-refractivity contribution in [2.24, 2.45) is 0 Å². The van der Waals surface area contributed by atoms with Gasteiger partial charge in [-0.2, -0.15) is 0 Å². The molecule has 82 valence electrons. The van der Waals surface area contributed by atoms with Crippen LogP contribution in [0.25, 0.3) is 0 Å². The first-order valence-electron chi connectivity index (χ1n) is 5.59. The number of ether oxygens (including phenoxy) is 2. The zero-order valence-corrected chi connectivity index (χ0v) is 8.73. The number of carbonyl (C=O) groups excluding carboxylic acids is 1. The lowest BCUT2D eigenvalue weighted by molar-refractivity contribution is 0.0775. The summed E-state index contributed by atoms with van der Waals surface area (Å²) in [6, 6.07) is 4.08. The normalized spacial score (nSPS) is 24.9. The number of carbonyl (C=O) groups is 1. The Kier molecular flexibility index (Phi) is 1.42. The Balaban J connectivity index is 1.92. The molecule has 1 aromatic rings. The van der Waals surface area contributed by atoms with Gasteiger partial charge in [-0.15, -0.1) is 0 Å². The van der Waals surface area contributed by atoms with E-state index in [9.17, 15) is 4.79 Å². The van der Waals surface area contributed by atoms with Crippen LogP contribution in [0.1, 0.15) is 34.8 Å². The molecular formula is C12H11NO3. The third kappa shape index (κ3) is 0.876. The van der Waals surface area contributed by atoms with E-state index in [1.54, 1.807) is 0 Å². The van der Waals surface area contributed by atoms with Crippen LogP contribution in [0.2, 0.25) is 0 Å². The van der Waals surface area contributed by atoms with Gasteiger partial charge in [-0.25, -0.2) is 0 Å². The second-order valence-electron chi connectivity index (χ2n) is 4.45. The van der Waals surface area contributed by atoms with Crippen molar-refractivity contribution in [3.63, 3.8) is 0 Å². The molecule has 0 bridgehead atoms. The predicted octanol–water partition coefficient (Wildman–Crippen LogP) is 1.71. The fraction of sp³-hybridized carbons (Fsp3) is 0.417. The van der Waals surface area contributed by atoms with Crippen LogP contribution in [0.4, 0.5) is 0 Å². The topological polar surface area (TPSA) is 38.8 Å². The molecule has 3 heterocycles. The standard InChI is InChI=1S/C12H11NO3/c14-12-8-5-11-10(15-6-16-11)4-7(8)9-2-1-3-13(9)12/h4-5,9H,1-3,6H2. The van der Waals surface area contributed by atoms with E-state index in [-0.39, 0.29) is 18.7 Å². The molecule has 1 unspecified atom stereocenters. The van der Waals surface area contributed by atoms with E-state index in [2.05, 4.69) is 0 Å². The maximum atomic E-state index is 12.1. The molecule has 4 heteroatoms. The maximum absolute atomic E-state index is 12.1. The van der Waals surface area contributed by atoms with Crippen molar-refractivity contribution in [3.8, 4) is 11.5 Å². The molecule has 1 saturated heterocycles. The fourth-order valence-corrected chi connectivity index (χ4v) is 2.91. The number of benzene rings is 1. The molecule has 4 nitrogen and oxygen atoms in total. The minimum Gasteiger partial charge on any atom is -0.454 e. The number of fused-ring (bicyclic) bond motifs is 4. The van der Waals surface area contributed by atoms with Crippen molar-refractivity contribution in [1.82, 2.24) is 4.90 Å². The van der Waals surface area contributed by atoms with E-state index >= 15 is 0 Å². The Morgan fingerprint density at radius 3 is 2.94 bits per heavy atom. The number of hydrogen-bond acceptors (Lipinski definition) is 3. The largest absolute Gasteiger partial charge is 0.454 e. The second kappa shape index (κ2) is 2.70. The highest BCUT2D eigenvalue weighted by molar-refractivity contribution is 6.00. The average Bonchev–Trinajstić information content (AvgIpc) is 2.97. The molecule has 0 saturated carbocycles. The van der Waals surface area contributed by atoms with Gasteiger partial charge in [0, 0.05) is 12.1 Å². The van der Waals surface area contributed by atoms with Gasteiger partial charge in [0.25, 0.3) is 5.91 Å². The lowest BCUT2D eigenvalue weighted by Crippen LogP contribution is -2.22. The summed E-state index contributed by atoms with van der Waals surface area (Å²) in [5.41, 5.74) is 1.92. The highest BCUT2D eigenvalue weighted by atomic mass is 16.7. The van der Waals surface area contributed by atoms with Gasteiger partial charge in [0.1, 0.15) is 0 Å². The number of amides is 1. The second-order valence-corrected chi connectivity index (χ2v) is 4.45. The van der Waals surface area contributed by atoms with Crippen LogP contribution in [0.15, 0.2) is 12.1 Å². The van der Waals surface area contributed by atoms with Gasteiger partial charge in [0.2, 0.25) is 6.79 Å². The van der Waals surface area contributed by atoms with Crippen molar-refractivity contribution in [3.05, 3.63) is 23.3 Å². The molecule has 1 fully saturated rings. The molecular weight excluding hydrogens is 206 g/mol. The summed E-state index contributed by atoms with van der Waals surface area (Å²) >= 11 is 0. The number of nitrogens with zero attached hydrogens (tertiary/aromatic N) is 1. The van der Waals surface area contributed by atoms with Crippen LogP contribution >= 0.6 is 0 Å². The van der Waals surface area contributed by atoms with Crippen LogP contribution in [0.5, 0.6) is 11.5 Å². The van der Waals surface area contributed by atoms with Crippen molar-refractivity contribution in [1.29, 1.82) is 0 Å². The zero-order valence-electron chi connectivity index (χ0n) is 8.73. The Labute approximate surface area is 92.8 Å². The van der Waals surface area contributed by atoms with E-state index in [4.69, 9.17) is 9.47 Å². The van der Waals surface area contributed by atoms with Gasteiger partial charge < -0.3 is 14.4 Å². The van der Waals surface area contributed by atoms with Crippen molar-refractivity contribution < 1.29 is 14.3 Å². The molecule has 0 N–H and O–H groups in total. The highest BCUT2D eigenvalue weighted by Gasteiger charge is 2.41. The van der Waals surface area contributed by atoms with E-state index < -0.39 is 0 Å². The van der Waals surface area contributed by atoms with Gasteiger partial charge >= 0.3 is 0 Å². The average molecular weight is 217 g/mol. The smallest absolute Gasteiger partial charge is 0.254 e. The van der Waals surface area contributed by atoms with Crippen molar-refractivity contribution in [2.45, 2.75) is 18.9 Å². The van der Waals surface area contributed by atoms with E-state index in [1.807, 2.05) is 17.0 Å². The molecule has 3 aliphatic rings. The van der Waals surface area contributed by atoms with Crippen molar-refractivity contribution >= 4 is 5.91 Å². The first kappa shape index (κ1) is 8.44. The molecule has 0 aromatic heterocycles. The first-order chi connectivity index (χ1) is 7.84. The highest BCUT2D eigenvalue weighted by Crippen LogP contribution is 2.46.